The molecule has 1 unspecified atom stereocenters. The molecule has 0 radical (unpaired) electrons. The molecule has 2 heterocycles. The largest absolute Gasteiger partial charge is 0.484 e. The topological polar surface area (TPSA) is 114 Å². The summed E-state index contributed by atoms with van der Waals surface area (Å²) in [6.45, 7) is 7.77. The second-order valence-corrected chi connectivity index (χ2v) is 8.21. The molecule has 0 saturated carbocycles. The monoisotopic (exact) mass is 490 g/mol. The van der Waals surface area contributed by atoms with Crippen LogP contribution in [0.5, 0.6) is 17.2 Å². The summed E-state index contributed by atoms with van der Waals surface area (Å²) in [6.07, 6.45) is 5.95. The smallest absolute Gasteiger partial charge is 0.257 e. The number of aromatic nitrogens is 2. The standard InChI is InChI=1S/C23H21N3O5.C4H9N/c1-3-18(14-28)30-20-8-17(23(29)26-22-12-24-15(2)11-25-22)9-21(10-20)31-19-6-4-16(13-27)5-7-19;1-5-3-2-4-5/h3-13,18,28H,1,14H2,2H3,(H,25,26,29);2-4H2,1H3. The van der Waals surface area contributed by atoms with Crippen LogP contribution in [0.3, 0.4) is 0 Å². The lowest BCUT2D eigenvalue weighted by Gasteiger charge is -2.24. The molecule has 1 atom stereocenters. The molecule has 9 nitrogen and oxygen atoms in total. The zero-order valence-electron chi connectivity index (χ0n) is 20.4. The van der Waals surface area contributed by atoms with Crippen molar-refractivity contribution in [3.63, 3.8) is 0 Å². The number of aldehydes is 1. The van der Waals surface area contributed by atoms with Crippen LogP contribution in [0.1, 0.15) is 32.8 Å². The van der Waals surface area contributed by atoms with Gasteiger partial charge in [-0.2, -0.15) is 0 Å². The van der Waals surface area contributed by atoms with Crippen molar-refractivity contribution in [2.75, 3.05) is 32.1 Å². The van der Waals surface area contributed by atoms with Crippen molar-refractivity contribution in [2.45, 2.75) is 19.4 Å². The first-order valence-corrected chi connectivity index (χ1v) is 11.5. The fourth-order valence-corrected chi connectivity index (χ4v) is 3.03. The van der Waals surface area contributed by atoms with Crippen molar-refractivity contribution in [3.05, 3.63) is 84.3 Å². The predicted octanol–water partition coefficient (Wildman–Crippen LogP) is 3.89. The van der Waals surface area contributed by atoms with Gasteiger partial charge in [-0.05, 0) is 76.0 Å². The number of amides is 1. The van der Waals surface area contributed by atoms with Crippen LogP contribution in [0.2, 0.25) is 0 Å². The lowest BCUT2D eigenvalue weighted by molar-refractivity contribution is 0.102. The highest BCUT2D eigenvalue weighted by Crippen LogP contribution is 2.29. The van der Waals surface area contributed by atoms with Gasteiger partial charge in [0.2, 0.25) is 0 Å². The number of carbonyl (C=O) groups is 2. The molecule has 36 heavy (non-hydrogen) atoms. The van der Waals surface area contributed by atoms with Crippen molar-refractivity contribution < 1.29 is 24.2 Å². The molecular formula is C27H30N4O5. The van der Waals surface area contributed by atoms with E-state index in [0.717, 1.165) is 12.0 Å². The van der Waals surface area contributed by atoms with E-state index in [4.69, 9.17) is 9.47 Å². The molecule has 1 saturated heterocycles. The van der Waals surface area contributed by atoms with E-state index < -0.39 is 12.0 Å². The second kappa shape index (κ2) is 13.1. The van der Waals surface area contributed by atoms with Crippen LogP contribution in [0.25, 0.3) is 0 Å². The number of carbonyl (C=O) groups excluding carboxylic acids is 2. The second-order valence-electron chi connectivity index (χ2n) is 8.21. The summed E-state index contributed by atoms with van der Waals surface area (Å²) in [6, 6.07) is 11.2. The van der Waals surface area contributed by atoms with Crippen molar-refractivity contribution in [3.8, 4) is 17.2 Å². The van der Waals surface area contributed by atoms with E-state index in [0.29, 0.717) is 28.6 Å². The van der Waals surface area contributed by atoms with Gasteiger partial charge in [0.1, 0.15) is 29.6 Å². The van der Waals surface area contributed by atoms with Crippen LogP contribution < -0.4 is 14.8 Å². The van der Waals surface area contributed by atoms with E-state index in [-0.39, 0.29) is 12.2 Å². The molecule has 0 aliphatic carbocycles. The summed E-state index contributed by atoms with van der Waals surface area (Å²) >= 11 is 0. The van der Waals surface area contributed by atoms with Crippen molar-refractivity contribution in [2.24, 2.45) is 0 Å². The molecule has 2 N–H and O–H groups in total. The van der Waals surface area contributed by atoms with Crippen LogP contribution in [0.15, 0.2) is 67.5 Å². The first-order valence-electron chi connectivity index (χ1n) is 11.5. The number of likely N-dealkylation sites (tertiary alicyclic amines) is 1. The lowest BCUT2D eigenvalue weighted by Crippen LogP contribution is -2.32. The molecule has 1 aliphatic rings. The number of rotatable bonds is 9. The SMILES string of the molecule is C=CC(CO)Oc1cc(Oc2ccc(C=O)cc2)cc(C(=O)Nc2cnc(C)cn2)c1.CN1CCC1. The number of aliphatic hydroxyl groups excluding tert-OH is 1. The molecule has 9 heteroatoms. The fraction of sp³-hybridized carbons (Fsp3) is 0.259. The number of hydrogen-bond donors (Lipinski definition) is 2. The van der Waals surface area contributed by atoms with Gasteiger partial charge in [-0.25, -0.2) is 4.98 Å². The number of aliphatic hydroxyl groups is 1. The summed E-state index contributed by atoms with van der Waals surface area (Å²) in [4.78, 5) is 34.1. The minimum atomic E-state index is -0.652. The molecular weight excluding hydrogens is 460 g/mol. The Hall–Kier alpha value is -4.08. The van der Waals surface area contributed by atoms with Crippen molar-refractivity contribution in [1.29, 1.82) is 0 Å². The van der Waals surface area contributed by atoms with Gasteiger partial charge in [0.15, 0.2) is 5.82 Å². The maximum absolute atomic E-state index is 12.8. The van der Waals surface area contributed by atoms with Gasteiger partial charge in [0.25, 0.3) is 5.91 Å². The lowest BCUT2D eigenvalue weighted by atomic mass is 10.1. The molecule has 4 rings (SSSR count). The Labute approximate surface area is 210 Å². The third-order valence-electron chi connectivity index (χ3n) is 5.23. The first-order chi connectivity index (χ1) is 17.4. The molecule has 1 fully saturated rings. The predicted molar refractivity (Wildman–Crippen MR) is 137 cm³/mol. The van der Waals surface area contributed by atoms with Gasteiger partial charge in [0.05, 0.1) is 24.7 Å². The Kier molecular flexibility index (Phi) is 9.67. The highest BCUT2D eigenvalue weighted by molar-refractivity contribution is 6.04. The molecule has 0 spiro atoms. The van der Waals surface area contributed by atoms with Crippen LogP contribution in [0.4, 0.5) is 5.82 Å². The summed E-state index contributed by atoms with van der Waals surface area (Å²) < 4.78 is 11.5. The minimum Gasteiger partial charge on any atom is -0.484 e. The third-order valence-corrected chi connectivity index (χ3v) is 5.23. The Bertz CT molecular complexity index is 1160. The van der Waals surface area contributed by atoms with E-state index in [1.165, 1.54) is 37.8 Å². The van der Waals surface area contributed by atoms with E-state index in [2.05, 4.69) is 33.8 Å². The minimum absolute atomic E-state index is 0.250. The van der Waals surface area contributed by atoms with Crippen molar-refractivity contribution in [1.82, 2.24) is 14.9 Å². The van der Waals surface area contributed by atoms with Crippen LogP contribution >= 0.6 is 0 Å². The summed E-state index contributed by atoms with van der Waals surface area (Å²) in [7, 11) is 2.14. The molecule has 2 aromatic carbocycles. The number of hydrogen-bond acceptors (Lipinski definition) is 8. The molecule has 1 aliphatic heterocycles. The summed E-state index contributed by atoms with van der Waals surface area (Å²) in [5.41, 5.74) is 1.49. The number of anilines is 1. The Morgan fingerprint density at radius 3 is 2.36 bits per heavy atom. The van der Waals surface area contributed by atoms with E-state index in [1.54, 1.807) is 49.5 Å². The first kappa shape index (κ1) is 26.5. The van der Waals surface area contributed by atoms with Crippen LogP contribution in [0, 0.1) is 6.92 Å². The average Bonchev–Trinajstić information content (AvgIpc) is 2.88. The van der Waals surface area contributed by atoms with Gasteiger partial charge >= 0.3 is 0 Å². The van der Waals surface area contributed by atoms with E-state index in [1.807, 2.05) is 0 Å². The molecule has 0 bridgehead atoms. The Morgan fingerprint density at radius 1 is 1.14 bits per heavy atom. The Morgan fingerprint density at radius 2 is 1.83 bits per heavy atom. The zero-order valence-corrected chi connectivity index (χ0v) is 20.4. The van der Waals surface area contributed by atoms with Gasteiger partial charge in [-0.1, -0.05) is 6.58 Å². The van der Waals surface area contributed by atoms with Crippen LogP contribution in [-0.2, 0) is 0 Å². The van der Waals surface area contributed by atoms with E-state index in [9.17, 15) is 14.7 Å². The molecule has 3 aromatic rings. The molecule has 188 valence electrons. The summed E-state index contributed by atoms with van der Waals surface area (Å²) in [5.74, 6) is 0.969. The highest BCUT2D eigenvalue weighted by atomic mass is 16.5. The zero-order chi connectivity index (χ0) is 25.9. The highest BCUT2D eigenvalue weighted by Gasteiger charge is 2.14. The Balaban J connectivity index is 0.000000642. The number of benzene rings is 2. The number of nitrogens with zero attached hydrogens (tertiary/aromatic N) is 3. The van der Waals surface area contributed by atoms with Gasteiger partial charge < -0.3 is 24.8 Å². The average molecular weight is 491 g/mol. The molecule has 1 amide bonds. The van der Waals surface area contributed by atoms with Crippen LogP contribution in [-0.4, -0.2) is 65.0 Å². The van der Waals surface area contributed by atoms with E-state index >= 15 is 0 Å². The maximum Gasteiger partial charge on any atom is 0.257 e. The van der Waals surface area contributed by atoms with Gasteiger partial charge in [0, 0.05) is 17.2 Å². The van der Waals surface area contributed by atoms with Crippen molar-refractivity contribution >= 4 is 18.0 Å². The number of nitrogens with one attached hydrogen (secondary N) is 1. The quantitative estimate of drug-likeness (QED) is 0.343. The third kappa shape index (κ3) is 8.00. The maximum atomic E-state index is 12.8. The number of ether oxygens (including phenoxy) is 2. The summed E-state index contributed by atoms with van der Waals surface area (Å²) in [5, 5.41) is 12.1. The number of aryl methyl sites for hydroxylation is 1. The van der Waals surface area contributed by atoms with Gasteiger partial charge in [-0.3, -0.25) is 14.6 Å². The van der Waals surface area contributed by atoms with Gasteiger partial charge in [-0.15, -0.1) is 0 Å². The normalized spacial score (nSPS) is 13.3. The fourth-order valence-electron chi connectivity index (χ4n) is 3.03. The molecule has 1 aromatic heterocycles.